The van der Waals surface area contributed by atoms with Crippen LogP contribution >= 0.6 is 0 Å². The number of hydrogen-bond acceptors (Lipinski definition) is 6. The fourth-order valence-corrected chi connectivity index (χ4v) is 2.44. The van der Waals surface area contributed by atoms with Crippen LogP contribution < -0.4 is 19.5 Å². The molecule has 25 heavy (non-hydrogen) atoms. The smallest absolute Gasteiger partial charge is 0.261 e. The molecule has 0 saturated carbocycles. The minimum Gasteiger partial charge on any atom is -0.481 e. The van der Waals surface area contributed by atoms with Crippen LogP contribution in [0.25, 0.3) is 0 Å². The van der Waals surface area contributed by atoms with E-state index in [9.17, 15) is 4.79 Å². The van der Waals surface area contributed by atoms with Crippen molar-refractivity contribution in [3.63, 3.8) is 0 Å². The molecule has 1 aromatic carbocycles. The number of fused-ring (bicyclic) bond motifs is 1. The zero-order chi connectivity index (χ0) is 17.8. The van der Waals surface area contributed by atoms with E-state index < -0.39 is 6.10 Å². The summed E-state index contributed by atoms with van der Waals surface area (Å²) in [4.78, 5) is 14.0. The lowest BCUT2D eigenvalue weighted by Gasteiger charge is -2.24. The third-order valence-corrected chi connectivity index (χ3v) is 3.99. The second-order valence-electron chi connectivity index (χ2n) is 6.22. The van der Waals surface area contributed by atoms with Crippen LogP contribution in [0.5, 0.6) is 17.2 Å². The van der Waals surface area contributed by atoms with E-state index in [2.05, 4.69) is 15.5 Å². The lowest BCUT2D eigenvalue weighted by molar-refractivity contribution is -0.128. The molecule has 0 radical (unpaired) electrons. The summed E-state index contributed by atoms with van der Waals surface area (Å²) in [5.41, 5.74) is 0. The third kappa shape index (κ3) is 4.20. The first-order valence-electron chi connectivity index (χ1n) is 8.23. The number of aromatic nitrogens is 3. The van der Waals surface area contributed by atoms with Gasteiger partial charge in [0, 0.05) is 6.07 Å². The van der Waals surface area contributed by atoms with E-state index >= 15 is 0 Å². The Bertz CT molecular complexity index is 717. The van der Waals surface area contributed by atoms with Crippen LogP contribution in [-0.4, -0.2) is 39.8 Å². The predicted octanol–water partition coefficient (Wildman–Crippen LogP) is 1.62. The zero-order valence-corrected chi connectivity index (χ0v) is 14.5. The molecular weight excluding hydrogens is 324 g/mol. The van der Waals surface area contributed by atoms with Gasteiger partial charge in [-0.3, -0.25) is 4.79 Å². The fourth-order valence-electron chi connectivity index (χ4n) is 2.44. The van der Waals surface area contributed by atoms with E-state index in [0.29, 0.717) is 23.8 Å². The molecule has 1 amide bonds. The summed E-state index contributed by atoms with van der Waals surface area (Å²) in [5.74, 6) is 1.89. The molecular formula is C17H22N4O4. The highest BCUT2D eigenvalue weighted by molar-refractivity contribution is 5.81. The maximum absolute atomic E-state index is 12.5. The largest absolute Gasteiger partial charge is 0.481 e. The highest BCUT2D eigenvalue weighted by Gasteiger charge is 2.23. The first-order chi connectivity index (χ1) is 12.0. The Morgan fingerprint density at radius 1 is 1.24 bits per heavy atom. The number of rotatable bonds is 7. The normalized spacial score (nSPS) is 15.0. The molecule has 0 saturated heterocycles. The van der Waals surface area contributed by atoms with Gasteiger partial charge in [-0.15, -0.1) is 0 Å². The maximum Gasteiger partial charge on any atom is 0.261 e. The number of carbonyl (C=O) groups is 1. The minimum absolute atomic E-state index is 0.0947. The van der Waals surface area contributed by atoms with Gasteiger partial charge >= 0.3 is 0 Å². The first kappa shape index (κ1) is 17.1. The molecule has 8 heteroatoms. The number of benzene rings is 1. The Hall–Kier alpha value is -2.77. The van der Waals surface area contributed by atoms with E-state index in [4.69, 9.17) is 14.2 Å². The van der Waals surface area contributed by atoms with E-state index in [0.717, 1.165) is 0 Å². The highest BCUT2D eigenvalue weighted by Crippen LogP contribution is 2.35. The number of amides is 1. The summed E-state index contributed by atoms with van der Waals surface area (Å²) in [6, 6.07) is 5.15. The van der Waals surface area contributed by atoms with Crippen LogP contribution in [0.2, 0.25) is 0 Å². The molecule has 2 atom stereocenters. The Balaban J connectivity index is 1.59. The van der Waals surface area contributed by atoms with Crippen molar-refractivity contribution in [3.05, 3.63) is 30.6 Å². The van der Waals surface area contributed by atoms with Gasteiger partial charge in [-0.25, -0.2) is 0 Å². The second kappa shape index (κ2) is 7.42. The molecule has 1 aliphatic rings. The van der Waals surface area contributed by atoms with Crippen molar-refractivity contribution in [3.8, 4) is 17.2 Å². The molecule has 0 unspecified atom stereocenters. The summed E-state index contributed by atoms with van der Waals surface area (Å²) < 4.78 is 16.3. The van der Waals surface area contributed by atoms with Crippen molar-refractivity contribution in [2.75, 3.05) is 6.79 Å². The molecule has 3 rings (SSSR count). The minimum atomic E-state index is -0.646. The lowest BCUT2D eigenvalue weighted by atomic mass is 10.0. The standard InChI is InChI=1S/C17H22N4O4/c1-11(2)14(9-21-18-6-7-19-21)20-17(22)12(3)25-13-4-5-15-16(8-13)24-10-23-15/h4-8,11-12,14H,9-10H2,1-3H3,(H,20,22)/t12-,14+/m0/s1. The number of ether oxygens (including phenoxy) is 3. The average molecular weight is 346 g/mol. The van der Waals surface area contributed by atoms with Crippen LogP contribution in [0.4, 0.5) is 0 Å². The summed E-state index contributed by atoms with van der Waals surface area (Å²) in [5, 5.41) is 11.2. The Labute approximate surface area is 146 Å². The topological polar surface area (TPSA) is 87.5 Å². The van der Waals surface area contributed by atoms with Crippen molar-refractivity contribution >= 4 is 5.91 Å². The van der Waals surface area contributed by atoms with Crippen LogP contribution in [0.1, 0.15) is 20.8 Å². The van der Waals surface area contributed by atoms with Gasteiger partial charge in [0.15, 0.2) is 17.6 Å². The Morgan fingerprint density at radius 2 is 1.96 bits per heavy atom. The Morgan fingerprint density at radius 3 is 2.68 bits per heavy atom. The van der Waals surface area contributed by atoms with Crippen molar-refractivity contribution in [1.82, 2.24) is 20.3 Å². The molecule has 0 spiro atoms. The van der Waals surface area contributed by atoms with Crippen molar-refractivity contribution in [2.24, 2.45) is 5.92 Å². The van der Waals surface area contributed by atoms with E-state index in [1.54, 1.807) is 42.3 Å². The quantitative estimate of drug-likeness (QED) is 0.820. The van der Waals surface area contributed by atoms with Crippen molar-refractivity contribution in [1.29, 1.82) is 0 Å². The van der Waals surface area contributed by atoms with E-state index in [-0.39, 0.29) is 24.7 Å². The van der Waals surface area contributed by atoms with Crippen molar-refractivity contribution in [2.45, 2.75) is 39.5 Å². The van der Waals surface area contributed by atoms with Gasteiger partial charge in [0.25, 0.3) is 5.91 Å². The molecule has 8 nitrogen and oxygen atoms in total. The molecule has 1 N–H and O–H groups in total. The molecule has 2 heterocycles. The van der Waals surface area contributed by atoms with Gasteiger partial charge in [0.05, 0.1) is 25.0 Å². The molecule has 134 valence electrons. The first-order valence-corrected chi connectivity index (χ1v) is 8.23. The molecule has 1 aliphatic heterocycles. The predicted molar refractivity (Wildman–Crippen MR) is 89.4 cm³/mol. The van der Waals surface area contributed by atoms with E-state index in [1.807, 2.05) is 13.8 Å². The van der Waals surface area contributed by atoms with Gasteiger partial charge < -0.3 is 19.5 Å². The summed E-state index contributed by atoms with van der Waals surface area (Å²) in [6.45, 7) is 6.50. The number of hydrogen-bond donors (Lipinski definition) is 1. The van der Waals surface area contributed by atoms with Gasteiger partial charge in [0.1, 0.15) is 5.75 Å². The van der Waals surface area contributed by atoms with Crippen LogP contribution in [0, 0.1) is 5.92 Å². The molecule has 1 aromatic heterocycles. The molecule has 2 aromatic rings. The number of nitrogens with zero attached hydrogens (tertiary/aromatic N) is 3. The van der Waals surface area contributed by atoms with Crippen LogP contribution in [0.15, 0.2) is 30.6 Å². The summed E-state index contributed by atoms with van der Waals surface area (Å²) >= 11 is 0. The second-order valence-corrected chi connectivity index (χ2v) is 6.22. The number of carbonyl (C=O) groups excluding carboxylic acids is 1. The molecule has 0 aliphatic carbocycles. The fraction of sp³-hybridized carbons (Fsp3) is 0.471. The maximum atomic E-state index is 12.5. The zero-order valence-electron chi connectivity index (χ0n) is 14.5. The molecule has 0 fully saturated rings. The monoisotopic (exact) mass is 346 g/mol. The number of nitrogens with one attached hydrogen (secondary N) is 1. The van der Waals surface area contributed by atoms with E-state index in [1.165, 1.54) is 0 Å². The average Bonchev–Trinajstić information content (AvgIpc) is 3.24. The van der Waals surface area contributed by atoms with Gasteiger partial charge in [-0.2, -0.15) is 15.0 Å². The van der Waals surface area contributed by atoms with Gasteiger partial charge in [0.2, 0.25) is 6.79 Å². The van der Waals surface area contributed by atoms with Crippen LogP contribution in [0.3, 0.4) is 0 Å². The van der Waals surface area contributed by atoms with Crippen LogP contribution in [-0.2, 0) is 11.3 Å². The molecule has 0 bridgehead atoms. The highest BCUT2D eigenvalue weighted by atomic mass is 16.7. The van der Waals surface area contributed by atoms with Gasteiger partial charge in [-0.1, -0.05) is 13.8 Å². The van der Waals surface area contributed by atoms with Crippen molar-refractivity contribution < 1.29 is 19.0 Å². The summed E-state index contributed by atoms with van der Waals surface area (Å²) in [7, 11) is 0. The third-order valence-electron chi connectivity index (χ3n) is 3.99. The SMILES string of the molecule is CC(C)[C@@H](Cn1nccn1)NC(=O)[C@H](C)Oc1ccc2c(c1)OCO2. The Kier molecular flexibility index (Phi) is 5.06. The summed E-state index contributed by atoms with van der Waals surface area (Å²) in [6.07, 6.45) is 2.59. The van der Waals surface area contributed by atoms with Gasteiger partial charge in [-0.05, 0) is 25.0 Å². The lowest BCUT2D eigenvalue weighted by Crippen LogP contribution is -2.47.